The zero-order valence-electron chi connectivity index (χ0n) is 11.4. The third kappa shape index (κ3) is 3.13. The fourth-order valence-corrected chi connectivity index (χ4v) is 2.82. The van der Waals surface area contributed by atoms with Crippen molar-refractivity contribution in [2.75, 3.05) is 6.79 Å². The zero-order chi connectivity index (χ0) is 15.7. The van der Waals surface area contributed by atoms with Crippen molar-refractivity contribution < 1.29 is 19.4 Å². The van der Waals surface area contributed by atoms with Gasteiger partial charge in [-0.1, -0.05) is 29.3 Å². The highest BCUT2D eigenvalue weighted by molar-refractivity contribution is 6.37. The first kappa shape index (κ1) is 15.0. The van der Waals surface area contributed by atoms with Crippen molar-refractivity contribution in [3.63, 3.8) is 0 Å². The Morgan fingerprint density at radius 1 is 1.00 bits per heavy atom. The third-order valence-electron chi connectivity index (χ3n) is 3.32. The SMILES string of the molecule is O=C(Cc1cc(Cl)c(O)c(Cl)c1)Cc1ccc2c(c1)OCO2. The van der Waals surface area contributed by atoms with E-state index in [1.165, 1.54) is 0 Å². The van der Waals surface area contributed by atoms with Crippen LogP contribution in [-0.2, 0) is 17.6 Å². The number of ether oxygens (including phenoxy) is 2. The Kier molecular flexibility index (Phi) is 4.14. The molecule has 0 saturated carbocycles. The minimum atomic E-state index is -0.171. The number of halogens is 2. The maximum atomic E-state index is 12.2. The Labute approximate surface area is 137 Å². The molecule has 0 unspecified atom stereocenters. The lowest BCUT2D eigenvalue weighted by molar-refractivity contribution is -0.117. The molecule has 1 aliphatic heterocycles. The number of ketones is 1. The van der Waals surface area contributed by atoms with Crippen molar-refractivity contribution >= 4 is 29.0 Å². The highest BCUT2D eigenvalue weighted by Gasteiger charge is 2.15. The number of carbonyl (C=O) groups is 1. The molecule has 1 N–H and O–H groups in total. The monoisotopic (exact) mass is 338 g/mol. The molecule has 0 atom stereocenters. The van der Waals surface area contributed by atoms with Gasteiger partial charge in [0, 0.05) is 12.8 Å². The summed E-state index contributed by atoms with van der Waals surface area (Å²) < 4.78 is 10.5. The molecular formula is C16H12Cl2O4. The molecule has 4 nitrogen and oxygen atoms in total. The summed E-state index contributed by atoms with van der Waals surface area (Å²) in [4.78, 5) is 12.2. The maximum absolute atomic E-state index is 12.2. The molecule has 6 heteroatoms. The number of rotatable bonds is 4. The molecular weight excluding hydrogens is 327 g/mol. The Balaban J connectivity index is 1.70. The van der Waals surface area contributed by atoms with Gasteiger partial charge in [0.25, 0.3) is 0 Å². The lowest BCUT2D eigenvalue weighted by Crippen LogP contribution is -2.06. The normalized spacial score (nSPS) is 12.5. The Bertz CT molecular complexity index is 720. The Morgan fingerprint density at radius 3 is 2.36 bits per heavy atom. The van der Waals surface area contributed by atoms with Crippen LogP contribution in [0, 0.1) is 0 Å². The molecule has 2 aromatic rings. The molecule has 2 aromatic carbocycles. The lowest BCUT2D eigenvalue weighted by Gasteiger charge is -2.06. The van der Waals surface area contributed by atoms with Gasteiger partial charge in [0.2, 0.25) is 6.79 Å². The van der Waals surface area contributed by atoms with Gasteiger partial charge in [0.05, 0.1) is 10.0 Å². The molecule has 0 aliphatic carbocycles. The summed E-state index contributed by atoms with van der Waals surface area (Å²) in [7, 11) is 0. The number of fused-ring (bicyclic) bond motifs is 1. The van der Waals surface area contributed by atoms with E-state index in [2.05, 4.69) is 0 Å². The van der Waals surface area contributed by atoms with Gasteiger partial charge in [-0.15, -0.1) is 0 Å². The smallest absolute Gasteiger partial charge is 0.231 e. The second kappa shape index (κ2) is 6.07. The molecule has 22 heavy (non-hydrogen) atoms. The van der Waals surface area contributed by atoms with Crippen LogP contribution in [0.3, 0.4) is 0 Å². The number of benzene rings is 2. The number of phenolic OH excluding ortho intramolecular Hbond substituents is 1. The molecule has 3 rings (SSSR count). The average molecular weight is 339 g/mol. The van der Waals surface area contributed by atoms with Gasteiger partial charge in [0.15, 0.2) is 17.2 Å². The molecule has 0 spiro atoms. The number of Topliss-reactive ketones (excluding diaryl/α,β-unsaturated/α-hetero) is 1. The van der Waals surface area contributed by atoms with Crippen molar-refractivity contribution in [1.29, 1.82) is 0 Å². The summed E-state index contributed by atoms with van der Waals surface area (Å²) in [5.41, 5.74) is 1.52. The standard InChI is InChI=1S/C16H12Cl2O4/c17-12-5-10(6-13(18)16(12)20)4-11(19)3-9-1-2-14-15(7-9)22-8-21-14/h1-2,5-7,20H,3-4,8H2. The molecule has 0 saturated heterocycles. The molecule has 1 heterocycles. The summed E-state index contributed by atoms with van der Waals surface area (Å²) >= 11 is 11.7. The number of phenols is 1. The van der Waals surface area contributed by atoms with Gasteiger partial charge >= 0.3 is 0 Å². The molecule has 0 bridgehead atoms. The summed E-state index contributed by atoms with van der Waals surface area (Å²) in [5.74, 6) is 1.18. The molecule has 0 aromatic heterocycles. The molecule has 1 aliphatic rings. The number of carbonyl (C=O) groups excluding carboxylic acids is 1. The summed E-state index contributed by atoms with van der Waals surface area (Å²) in [5, 5.41) is 9.79. The zero-order valence-corrected chi connectivity index (χ0v) is 12.9. The summed E-state index contributed by atoms with van der Waals surface area (Å²) in [6, 6.07) is 8.51. The summed E-state index contributed by atoms with van der Waals surface area (Å²) in [6.45, 7) is 0.206. The van der Waals surface area contributed by atoms with Crippen molar-refractivity contribution in [1.82, 2.24) is 0 Å². The van der Waals surface area contributed by atoms with Crippen LogP contribution in [0.25, 0.3) is 0 Å². The van der Waals surface area contributed by atoms with E-state index in [0.717, 1.165) is 5.56 Å². The van der Waals surface area contributed by atoms with E-state index in [9.17, 15) is 9.90 Å². The fourth-order valence-electron chi connectivity index (χ4n) is 2.29. The second-order valence-electron chi connectivity index (χ2n) is 4.99. The highest BCUT2D eigenvalue weighted by atomic mass is 35.5. The average Bonchev–Trinajstić information content (AvgIpc) is 2.92. The minimum Gasteiger partial charge on any atom is -0.505 e. The van der Waals surface area contributed by atoms with E-state index >= 15 is 0 Å². The highest BCUT2D eigenvalue weighted by Crippen LogP contribution is 2.34. The molecule has 114 valence electrons. The van der Waals surface area contributed by atoms with Crippen LogP contribution < -0.4 is 9.47 Å². The van der Waals surface area contributed by atoms with E-state index in [-0.39, 0.29) is 41.2 Å². The van der Waals surface area contributed by atoms with Gasteiger partial charge in [-0.2, -0.15) is 0 Å². The van der Waals surface area contributed by atoms with Gasteiger partial charge < -0.3 is 14.6 Å². The first-order valence-electron chi connectivity index (χ1n) is 6.60. The van der Waals surface area contributed by atoms with Crippen LogP contribution in [0.15, 0.2) is 30.3 Å². The van der Waals surface area contributed by atoms with Crippen molar-refractivity contribution in [3.8, 4) is 17.2 Å². The third-order valence-corrected chi connectivity index (χ3v) is 3.89. The topological polar surface area (TPSA) is 55.8 Å². The van der Waals surface area contributed by atoms with Gasteiger partial charge in [-0.3, -0.25) is 4.79 Å². The second-order valence-corrected chi connectivity index (χ2v) is 5.80. The minimum absolute atomic E-state index is 0.0108. The molecule has 0 fully saturated rings. The van der Waals surface area contributed by atoms with Crippen LogP contribution >= 0.6 is 23.2 Å². The van der Waals surface area contributed by atoms with E-state index in [1.807, 2.05) is 6.07 Å². The lowest BCUT2D eigenvalue weighted by atomic mass is 10.0. The summed E-state index contributed by atoms with van der Waals surface area (Å²) in [6.07, 6.45) is 0.459. The number of aromatic hydroxyl groups is 1. The first-order chi connectivity index (χ1) is 10.5. The van der Waals surface area contributed by atoms with Crippen LogP contribution in [0.1, 0.15) is 11.1 Å². The predicted molar refractivity (Wildman–Crippen MR) is 83.1 cm³/mol. The predicted octanol–water partition coefficient (Wildman–Crippen LogP) is 3.78. The molecule has 0 radical (unpaired) electrons. The first-order valence-corrected chi connectivity index (χ1v) is 7.35. The maximum Gasteiger partial charge on any atom is 0.231 e. The van der Waals surface area contributed by atoms with Crippen LogP contribution in [0.5, 0.6) is 17.2 Å². The van der Waals surface area contributed by atoms with Crippen molar-refractivity contribution in [2.24, 2.45) is 0 Å². The quantitative estimate of drug-likeness (QED) is 0.921. The van der Waals surface area contributed by atoms with E-state index < -0.39 is 0 Å². The Morgan fingerprint density at radius 2 is 1.64 bits per heavy atom. The number of hydrogen-bond donors (Lipinski definition) is 1. The van der Waals surface area contributed by atoms with Gasteiger partial charge in [-0.05, 0) is 35.4 Å². The van der Waals surface area contributed by atoms with Crippen molar-refractivity contribution in [3.05, 3.63) is 51.5 Å². The number of hydrogen-bond acceptors (Lipinski definition) is 4. The fraction of sp³-hybridized carbons (Fsp3) is 0.188. The van der Waals surface area contributed by atoms with Crippen LogP contribution in [-0.4, -0.2) is 17.7 Å². The van der Waals surface area contributed by atoms with Crippen LogP contribution in [0.4, 0.5) is 0 Å². The Hall–Kier alpha value is -1.91. The van der Waals surface area contributed by atoms with E-state index in [1.54, 1.807) is 24.3 Å². The van der Waals surface area contributed by atoms with Crippen LogP contribution in [0.2, 0.25) is 10.0 Å². The van der Waals surface area contributed by atoms with E-state index in [4.69, 9.17) is 32.7 Å². The largest absolute Gasteiger partial charge is 0.505 e. The van der Waals surface area contributed by atoms with E-state index in [0.29, 0.717) is 17.1 Å². The van der Waals surface area contributed by atoms with Gasteiger partial charge in [0.1, 0.15) is 5.78 Å². The molecule has 0 amide bonds. The van der Waals surface area contributed by atoms with Crippen molar-refractivity contribution in [2.45, 2.75) is 12.8 Å². The van der Waals surface area contributed by atoms with Gasteiger partial charge in [-0.25, -0.2) is 0 Å².